The van der Waals surface area contributed by atoms with E-state index in [2.05, 4.69) is 0 Å². The van der Waals surface area contributed by atoms with Crippen molar-refractivity contribution >= 4 is 5.97 Å². The summed E-state index contributed by atoms with van der Waals surface area (Å²) in [6.45, 7) is 1.82. The number of hydrogen-bond acceptors (Lipinski definition) is 4. The Hall–Kier alpha value is -2.80. The van der Waals surface area contributed by atoms with Crippen molar-refractivity contribution in [3.05, 3.63) is 59.2 Å². The van der Waals surface area contributed by atoms with Gasteiger partial charge in [-0.05, 0) is 42.8 Å². The summed E-state index contributed by atoms with van der Waals surface area (Å²) in [6.07, 6.45) is 0. The van der Waals surface area contributed by atoms with Crippen LogP contribution in [0.2, 0.25) is 0 Å². The number of carbonyl (C=O) groups excluding carboxylic acids is 1. The molecule has 4 nitrogen and oxygen atoms in total. The van der Waals surface area contributed by atoms with Gasteiger partial charge in [0.15, 0.2) is 0 Å². The number of nitrogens with zero attached hydrogens (tertiary/aromatic N) is 1. The monoisotopic (exact) mass is 267 g/mol. The Bertz CT molecular complexity index is 669. The Morgan fingerprint density at radius 2 is 1.85 bits per heavy atom. The van der Waals surface area contributed by atoms with Crippen molar-refractivity contribution in [3.63, 3.8) is 0 Å². The van der Waals surface area contributed by atoms with Crippen LogP contribution in [0.5, 0.6) is 11.5 Å². The van der Waals surface area contributed by atoms with Crippen molar-refractivity contribution < 1.29 is 14.3 Å². The first-order chi connectivity index (χ1) is 9.65. The SMILES string of the molecule is COc1cccc(C)c1C(=O)Oc1ccc(C#N)cc1. The maximum Gasteiger partial charge on any atom is 0.347 e. The Balaban J connectivity index is 2.26. The highest BCUT2D eigenvalue weighted by molar-refractivity contribution is 5.95. The quantitative estimate of drug-likeness (QED) is 0.633. The first kappa shape index (κ1) is 13.6. The molecular weight excluding hydrogens is 254 g/mol. The Morgan fingerprint density at radius 3 is 2.45 bits per heavy atom. The maximum absolute atomic E-state index is 12.2. The van der Waals surface area contributed by atoms with E-state index in [0.29, 0.717) is 22.6 Å². The number of benzene rings is 2. The molecule has 0 aliphatic heterocycles. The third kappa shape index (κ3) is 2.78. The van der Waals surface area contributed by atoms with Crippen molar-refractivity contribution in [1.29, 1.82) is 5.26 Å². The number of carbonyl (C=O) groups is 1. The molecule has 2 aromatic carbocycles. The van der Waals surface area contributed by atoms with Crippen molar-refractivity contribution in [2.75, 3.05) is 7.11 Å². The number of hydrogen-bond donors (Lipinski definition) is 0. The van der Waals surface area contributed by atoms with Gasteiger partial charge in [0, 0.05) is 0 Å². The molecule has 0 N–H and O–H groups in total. The standard InChI is InChI=1S/C16H13NO3/c1-11-4-3-5-14(19-2)15(11)16(18)20-13-8-6-12(10-17)7-9-13/h3-9H,1-2H3. The first-order valence-electron chi connectivity index (χ1n) is 6.01. The van der Waals surface area contributed by atoms with Crippen LogP contribution in [0.1, 0.15) is 21.5 Å². The van der Waals surface area contributed by atoms with Gasteiger partial charge in [-0.1, -0.05) is 12.1 Å². The molecule has 100 valence electrons. The molecule has 0 spiro atoms. The fraction of sp³-hybridized carbons (Fsp3) is 0.125. The van der Waals surface area contributed by atoms with E-state index >= 15 is 0 Å². The average molecular weight is 267 g/mol. The van der Waals surface area contributed by atoms with E-state index < -0.39 is 5.97 Å². The lowest BCUT2D eigenvalue weighted by molar-refractivity contribution is 0.0730. The zero-order chi connectivity index (χ0) is 14.5. The topological polar surface area (TPSA) is 59.3 Å². The van der Waals surface area contributed by atoms with Crippen LogP contribution in [0.4, 0.5) is 0 Å². The molecule has 0 saturated carbocycles. The average Bonchev–Trinajstić information content (AvgIpc) is 2.47. The number of ether oxygens (including phenoxy) is 2. The van der Waals surface area contributed by atoms with Crippen LogP contribution in [0.3, 0.4) is 0 Å². The van der Waals surface area contributed by atoms with Crippen LogP contribution in [0.25, 0.3) is 0 Å². The summed E-state index contributed by atoms with van der Waals surface area (Å²) in [5, 5.41) is 8.72. The minimum absolute atomic E-state index is 0.388. The molecule has 20 heavy (non-hydrogen) atoms. The second-order valence-corrected chi connectivity index (χ2v) is 4.18. The third-order valence-electron chi connectivity index (χ3n) is 2.85. The molecule has 0 aliphatic rings. The Kier molecular flexibility index (Phi) is 4.02. The number of nitriles is 1. The van der Waals surface area contributed by atoms with Gasteiger partial charge in [-0.2, -0.15) is 5.26 Å². The first-order valence-corrected chi connectivity index (χ1v) is 6.01. The van der Waals surface area contributed by atoms with E-state index in [9.17, 15) is 4.79 Å². The van der Waals surface area contributed by atoms with Gasteiger partial charge in [-0.3, -0.25) is 0 Å². The molecule has 0 amide bonds. The normalized spacial score (nSPS) is 9.65. The highest BCUT2D eigenvalue weighted by Crippen LogP contribution is 2.24. The largest absolute Gasteiger partial charge is 0.496 e. The van der Waals surface area contributed by atoms with Gasteiger partial charge in [0.25, 0.3) is 0 Å². The van der Waals surface area contributed by atoms with E-state index in [4.69, 9.17) is 14.7 Å². The zero-order valence-electron chi connectivity index (χ0n) is 11.2. The number of esters is 1. The van der Waals surface area contributed by atoms with Crippen molar-refractivity contribution in [2.45, 2.75) is 6.92 Å². The van der Waals surface area contributed by atoms with Crippen LogP contribution in [-0.2, 0) is 0 Å². The molecule has 0 bridgehead atoms. The van der Waals surface area contributed by atoms with Crippen LogP contribution in [0, 0.1) is 18.3 Å². The summed E-state index contributed by atoms with van der Waals surface area (Å²) in [4.78, 5) is 12.2. The summed E-state index contributed by atoms with van der Waals surface area (Å²) >= 11 is 0. The number of rotatable bonds is 3. The van der Waals surface area contributed by atoms with Gasteiger partial charge in [0.2, 0.25) is 0 Å². The molecular formula is C16H13NO3. The van der Waals surface area contributed by atoms with Crippen molar-refractivity contribution in [2.24, 2.45) is 0 Å². The van der Waals surface area contributed by atoms with Crippen LogP contribution in [-0.4, -0.2) is 13.1 Å². The van der Waals surface area contributed by atoms with Gasteiger partial charge < -0.3 is 9.47 Å². The Morgan fingerprint density at radius 1 is 1.15 bits per heavy atom. The van der Waals surface area contributed by atoms with E-state index in [1.54, 1.807) is 30.3 Å². The zero-order valence-corrected chi connectivity index (χ0v) is 11.2. The minimum Gasteiger partial charge on any atom is -0.496 e. The van der Waals surface area contributed by atoms with Gasteiger partial charge in [-0.15, -0.1) is 0 Å². The van der Waals surface area contributed by atoms with E-state index in [0.717, 1.165) is 5.56 Å². The van der Waals surface area contributed by atoms with E-state index in [1.165, 1.54) is 7.11 Å². The molecule has 0 fully saturated rings. The highest BCUT2D eigenvalue weighted by Gasteiger charge is 2.17. The second kappa shape index (κ2) is 5.89. The van der Waals surface area contributed by atoms with Crippen LogP contribution < -0.4 is 9.47 Å². The molecule has 4 heteroatoms. The summed E-state index contributed by atoms with van der Waals surface area (Å²) in [5.74, 6) is 0.382. The summed E-state index contributed by atoms with van der Waals surface area (Å²) in [6, 6.07) is 13.7. The second-order valence-electron chi connectivity index (χ2n) is 4.18. The molecule has 0 unspecified atom stereocenters. The minimum atomic E-state index is -0.482. The van der Waals surface area contributed by atoms with Gasteiger partial charge in [-0.25, -0.2) is 4.79 Å². The molecule has 0 atom stereocenters. The van der Waals surface area contributed by atoms with Gasteiger partial charge in [0.1, 0.15) is 17.1 Å². The lowest BCUT2D eigenvalue weighted by atomic mass is 10.1. The smallest absolute Gasteiger partial charge is 0.347 e. The van der Waals surface area contributed by atoms with Crippen LogP contribution in [0.15, 0.2) is 42.5 Å². The lowest BCUT2D eigenvalue weighted by Gasteiger charge is -2.10. The molecule has 0 saturated heterocycles. The molecule has 0 heterocycles. The number of aryl methyl sites for hydroxylation is 1. The highest BCUT2D eigenvalue weighted by atomic mass is 16.5. The van der Waals surface area contributed by atoms with Crippen molar-refractivity contribution in [1.82, 2.24) is 0 Å². The predicted octanol–water partition coefficient (Wildman–Crippen LogP) is 3.09. The van der Waals surface area contributed by atoms with Gasteiger partial charge >= 0.3 is 5.97 Å². The summed E-state index contributed by atoms with van der Waals surface area (Å²) in [7, 11) is 1.51. The molecule has 2 rings (SSSR count). The van der Waals surface area contributed by atoms with Gasteiger partial charge in [0.05, 0.1) is 18.7 Å². The number of methoxy groups -OCH3 is 1. The summed E-state index contributed by atoms with van der Waals surface area (Å²) < 4.78 is 10.5. The maximum atomic E-state index is 12.2. The predicted molar refractivity (Wildman–Crippen MR) is 73.8 cm³/mol. The molecule has 0 aliphatic carbocycles. The lowest BCUT2D eigenvalue weighted by Crippen LogP contribution is -2.12. The van der Waals surface area contributed by atoms with E-state index in [-0.39, 0.29) is 0 Å². The molecule has 0 aromatic heterocycles. The molecule has 2 aromatic rings. The summed E-state index contributed by atoms with van der Waals surface area (Å²) in [5.41, 5.74) is 1.70. The van der Waals surface area contributed by atoms with Crippen LogP contribution >= 0.6 is 0 Å². The fourth-order valence-electron chi connectivity index (χ4n) is 1.83. The Labute approximate surface area is 117 Å². The fourth-order valence-corrected chi connectivity index (χ4v) is 1.83. The third-order valence-corrected chi connectivity index (χ3v) is 2.85. The van der Waals surface area contributed by atoms with Crippen molar-refractivity contribution in [3.8, 4) is 17.6 Å². The molecule has 0 radical (unpaired) electrons. The van der Waals surface area contributed by atoms with E-state index in [1.807, 2.05) is 25.1 Å².